The van der Waals surface area contributed by atoms with Crippen LogP contribution in [0.25, 0.3) is 22.6 Å². The monoisotopic (exact) mass is 511 g/mol. The van der Waals surface area contributed by atoms with Crippen molar-refractivity contribution in [3.05, 3.63) is 65.5 Å². The summed E-state index contributed by atoms with van der Waals surface area (Å²) in [5, 5.41) is 13.0. The smallest absolute Gasteiger partial charge is 0.475 e. The molecule has 192 valence electrons. The van der Waals surface area contributed by atoms with E-state index in [1.807, 2.05) is 42.7 Å². The van der Waals surface area contributed by atoms with Gasteiger partial charge in [-0.25, -0.2) is 19.7 Å². The van der Waals surface area contributed by atoms with E-state index in [9.17, 15) is 23.1 Å². The summed E-state index contributed by atoms with van der Waals surface area (Å²) in [6.07, 6.45) is -2.62. The summed E-state index contributed by atoms with van der Waals surface area (Å²) in [5.41, 5.74) is 3.21. The molecule has 1 fully saturated rings. The normalized spacial score (nSPS) is 14.5. The van der Waals surface area contributed by atoms with Crippen molar-refractivity contribution in [3.63, 3.8) is 0 Å². The van der Waals surface area contributed by atoms with Crippen molar-refractivity contribution in [1.82, 2.24) is 19.5 Å². The summed E-state index contributed by atoms with van der Waals surface area (Å²) < 4.78 is 43.6. The van der Waals surface area contributed by atoms with Crippen molar-refractivity contribution in [3.8, 4) is 17.1 Å². The molecule has 8 nitrogen and oxygen atoms in total. The average Bonchev–Trinajstić information content (AvgIpc) is 3.61. The molecule has 1 unspecified atom stereocenters. The Labute approximate surface area is 210 Å². The zero-order chi connectivity index (χ0) is 26.3. The van der Waals surface area contributed by atoms with Crippen LogP contribution in [0.4, 0.5) is 19.0 Å². The van der Waals surface area contributed by atoms with Gasteiger partial charge in [0, 0.05) is 18.2 Å². The number of fused-ring (bicyclic) bond motifs is 1. The van der Waals surface area contributed by atoms with Crippen LogP contribution in [-0.2, 0) is 6.54 Å². The Bertz CT molecular complexity index is 1460. The van der Waals surface area contributed by atoms with Crippen LogP contribution < -0.4 is 10.1 Å². The summed E-state index contributed by atoms with van der Waals surface area (Å²) in [5.74, 6) is -0.602. The number of nitrogens with zero attached hydrogens (tertiary/aromatic N) is 4. The molecule has 0 amide bonds. The Kier molecular flexibility index (Phi) is 6.22. The van der Waals surface area contributed by atoms with Gasteiger partial charge < -0.3 is 19.7 Å². The molecule has 1 saturated carbocycles. The maximum absolute atomic E-state index is 12.6. The fourth-order valence-electron chi connectivity index (χ4n) is 4.30. The lowest BCUT2D eigenvalue weighted by molar-refractivity contribution is -0.274. The Hall–Kier alpha value is -4.15. The number of carboxylic acid groups (broad SMARTS) is 1. The first-order chi connectivity index (χ1) is 17.6. The van der Waals surface area contributed by atoms with E-state index in [0.717, 1.165) is 24.0 Å². The van der Waals surface area contributed by atoms with Gasteiger partial charge >= 0.3 is 12.3 Å². The number of alkyl halides is 3. The fraction of sp³-hybridized carbons (Fsp3) is 0.308. The van der Waals surface area contributed by atoms with Crippen molar-refractivity contribution in [2.45, 2.75) is 45.6 Å². The van der Waals surface area contributed by atoms with Gasteiger partial charge in [0.1, 0.15) is 17.1 Å². The number of carboxylic acids is 1. The van der Waals surface area contributed by atoms with E-state index in [0.29, 0.717) is 28.6 Å². The molecule has 1 aliphatic rings. The standard InChI is InChI=1S/C26H24F3N5O3/c1-14-4-3-5-18(12-14)24-33-22-20(21(30-15(2)17-8-9-17)31-23(32-22)25(35)36)34(24)13-16-6-10-19(11-7-16)37-26(27,28)29/h3-7,10-12,15,17H,8-9,13H2,1-2H3,(H,35,36)(H,30,31,32). The molecular weight excluding hydrogens is 487 g/mol. The number of hydrogen-bond acceptors (Lipinski definition) is 6. The van der Waals surface area contributed by atoms with Crippen LogP contribution >= 0.6 is 0 Å². The van der Waals surface area contributed by atoms with Gasteiger partial charge in [0.05, 0.1) is 0 Å². The molecule has 2 aromatic heterocycles. The maximum Gasteiger partial charge on any atom is 0.573 e. The van der Waals surface area contributed by atoms with E-state index >= 15 is 0 Å². The van der Waals surface area contributed by atoms with Gasteiger partial charge in [-0.15, -0.1) is 13.2 Å². The molecule has 1 atom stereocenters. The minimum absolute atomic E-state index is 0.0596. The van der Waals surface area contributed by atoms with Gasteiger partial charge in [-0.3, -0.25) is 0 Å². The van der Waals surface area contributed by atoms with Crippen molar-refractivity contribution in [1.29, 1.82) is 0 Å². The topological polar surface area (TPSA) is 102 Å². The van der Waals surface area contributed by atoms with Crippen LogP contribution in [0.15, 0.2) is 48.5 Å². The van der Waals surface area contributed by atoms with Crippen LogP contribution in [0.3, 0.4) is 0 Å². The zero-order valence-electron chi connectivity index (χ0n) is 20.1. The largest absolute Gasteiger partial charge is 0.573 e. The van der Waals surface area contributed by atoms with Crippen LogP contribution in [0.1, 0.15) is 41.5 Å². The molecule has 1 aliphatic carbocycles. The Morgan fingerprint density at radius 3 is 2.51 bits per heavy atom. The number of imidazole rings is 1. The van der Waals surface area contributed by atoms with E-state index in [4.69, 9.17) is 4.98 Å². The second-order valence-electron chi connectivity index (χ2n) is 9.23. The lowest BCUT2D eigenvalue weighted by atomic mass is 10.1. The number of anilines is 1. The molecule has 5 rings (SSSR count). The average molecular weight is 512 g/mol. The molecule has 37 heavy (non-hydrogen) atoms. The first-order valence-corrected chi connectivity index (χ1v) is 11.8. The number of hydrogen-bond donors (Lipinski definition) is 2. The molecule has 11 heteroatoms. The molecule has 0 bridgehead atoms. The number of benzene rings is 2. The van der Waals surface area contributed by atoms with Crippen molar-refractivity contribution in [2.24, 2.45) is 5.92 Å². The highest BCUT2D eigenvalue weighted by atomic mass is 19.4. The fourth-order valence-corrected chi connectivity index (χ4v) is 4.30. The van der Waals surface area contributed by atoms with Gasteiger partial charge in [-0.2, -0.15) is 0 Å². The Balaban J connectivity index is 1.65. The van der Waals surface area contributed by atoms with Gasteiger partial charge in [0.15, 0.2) is 11.5 Å². The highest BCUT2D eigenvalue weighted by molar-refractivity contribution is 5.92. The van der Waals surface area contributed by atoms with E-state index in [2.05, 4.69) is 20.0 Å². The van der Waals surface area contributed by atoms with Crippen LogP contribution in [0.5, 0.6) is 5.75 Å². The second-order valence-corrected chi connectivity index (χ2v) is 9.23. The number of nitrogens with one attached hydrogen (secondary N) is 1. The molecule has 2 N–H and O–H groups in total. The predicted molar refractivity (Wildman–Crippen MR) is 130 cm³/mol. The Morgan fingerprint density at radius 2 is 1.89 bits per heavy atom. The SMILES string of the molecule is Cc1cccc(-c2nc3nc(C(=O)O)nc(NC(C)C4CC4)c3n2Cc2ccc(OC(F)(F)F)cc2)c1. The minimum atomic E-state index is -4.78. The number of aromatic carboxylic acids is 1. The molecule has 2 heterocycles. The molecule has 2 aromatic carbocycles. The lowest BCUT2D eigenvalue weighted by Gasteiger charge is -2.17. The summed E-state index contributed by atoms with van der Waals surface area (Å²) in [6.45, 7) is 4.20. The maximum atomic E-state index is 12.6. The first-order valence-electron chi connectivity index (χ1n) is 11.8. The minimum Gasteiger partial charge on any atom is -0.475 e. The summed E-state index contributed by atoms with van der Waals surface area (Å²) >= 11 is 0. The number of rotatable bonds is 8. The van der Waals surface area contributed by atoms with Gasteiger partial charge in [0.2, 0.25) is 5.82 Å². The number of aryl methyl sites for hydroxylation is 1. The number of halogens is 3. The highest BCUT2D eigenvalue weighted by Crippen LogP contribution is 2.36. The third-order valence-electron chi connectivity index (χ3n) is 6.26. The summed E-state index contributed by atoms with van der Waals surface area (Å²) in [6, 6.07) is 13.3. The molecule has 0 saturated heterocycles. The Morgan fingerprint density at radius 1 is 1.16 bits per heavy atom. The number of ether oxygens (including phenoxy) is 1. The van der Waals surface area contributed by atoms with Crippen LogP contribution in [0.2, 0.25) is 0 Å². The summed E-state index contributed by atoms with van der Waals surface area (Å²) in [7, 11) is 0. The first kappa shape index (κ1) is 24.5. The molecular formula is C26H24F3N5O3. The van der Waals surface area contributed by atoms with E-state index < -0.39 is 12.3 Å². The van der Waals surface area contributed by atoms with Crippen molar-refractivity contribution in [2.75, 3.05) is 5.32 Å². The molecule has 4 aromatic rings. The van der Waals surface area contributed by atoms with E-state index in [-0.39, 0.29) is 29.8 Å². The predicted octanol–water partition coefficient (Wildman–Crippen LogP) is 5.66. The van der Waals surface area contributed by atoms with Crippen molar-refractivity contribution < 1.29 is 27.8 Å². The van der Waals surface area contributed by atoms with Crippen LogP contribution in [-0.4, -0.2) is 43.0 Å². The third kappa shape index (κ3) is 5.50. The quantitative estimate of drug-likeness (QED) is 0.315. The van der Waals surface area contributed by atoms with Crippen molar-refractivity contribution >= 4 is 23.0 Å². The second kappa shape index (κ2) is 9.38. The molecule has 0 spiro atoms. The zero-order valence-corrected chi connectivity index (χ0v) is 20.1. The number of carbonyl (C=O) groups is 1. The van der Waals surface area contributed by atoms with Gasteiger partial charge in [0.25, 0.3) is 0 Å². The van der Waals surface area contributed by atoms with Gasteiger partial charge in [-0.05, 0) is 56.4 Å². The highest BCUT2D eigenvalue weighted by Gasteiger charge is 2.31. The number of aromatic nitrogens is 4. The van der Waals surface area contributed by atoms with E-state index in [1.54, 1.807) is 12.1 Å². The molecule has 0 radical (unpaired) electrons. The molecule has 0 aliphatic heterocycles. The third-order valence-corrected chi connectivity index (χ3v) is 6.26. The lowest BCUT2D eigenvalue weighted by Crippen LogP contribution is -2.20. The van der Waals surface area contributed by atoms with Crippen LogP contribution in [0, 0.1) is 12.8 Å². The summed E-state index contributed by atoms with van der Waals surface area (Å²) in [4.78, 5) is 25.0. The van der Waals surface area contributed by atoms with Gasteiger partial charge in [-0.1, -0.05) is 35.9 Å². The van der Waals surface area contributed by atoms with E-state index in [1.165, 1.54) is 12.1 Å².